The number of nitrogens with one attached hydrogen (secondary N) is 1. The molecule has 0 saturated carbocycles. The third kappa shape index (κ3) is 2.25. The van der Waals surface area contributed by atoms with Crippen molar-refractivity contribution in [1.29, 1.82) is 0 Å². The summed E-state index contributed by atoms with van der Waals surface area (Å²) < 4.78 is 0. The van der Waals surface area contributed by atoms with Gasteiger partial charge in [-0.05, 0) is 23.5 Å². The van der Waals surface area contributed by atoms with Crippen LogP contribution in [0.25, 0.3) is 0 Å². The minimum atomic E-state index is 0.515. The fourth-order valence-electron chi connectivity index (χ4n) is 2.65. The van der Waals surface area contributed by atoms with E-state index in [9.17, 15) is 0 Å². The molecule has 0 unspecified atom stereocenters. The van der Waals surface area contributed by atoms with Crippen LogP contribution in [0.15, 0.2) is 60.7 Å². The molecule has 2 aromatic rings. The first-order valence-electron chi connectivity index (χ1n) is 6.27. The van der Waals surface area contributed by atoms with E-state index in [1.165, 1.54) is 17.5 Å². The predicted molar refractivity (Wildman–Crippen MR) is 71.0 cm³/mol. The summed E-state index contributed by atoms with van der Waals surface area (Å²) in [4.78, 5) is 0. The summed E-state index contributed by atoms with van der Waals surface area (Å²) in [7, 11) is 0. The fourth-order valence-corrected chi connectivity index (χ4v) is 2.65. The van der Waals surface area contributed by atoms with E-state index < -0.39 is 0 Å². The minimum absolute atomic E-state index is 0.515. The molecule has 0 aromatic heterocycles. The SMILES string of the molecule is c1ccc([C@H]2CN[C@@H](c3ccccc3)C2)cc1. The largest absolute Gasteiger partial charge is 0.309 e. The number of rotatable bonds is 2. The molecule has 1 fully saturated rings. The lowest BCUT2D eigenvalue weighted by Gasteiger charge is -2.11. The van der Waals surface area contributed by atoms with Crippen LogP contribution in [-0.2, 0) is 0 Å². The second kappa shape index (κ2) is 4.72. The summed E-state index contributed by atoms with van der Waals surface area (Å²) in [5.74, 6) is 0.654. The summed E-state index contributed by atoms with van der Waals surface area (Å²) in [5, 5.41) is 3.62. The van der Waals surface area contributed by atoms with Crippen molar-refractivity contribution in [2.24, 2.45) is 0 Å². The van der Waals surface area contributed by atoms with Crippen LogP contribution >= 0.6 is 0 Å². The normalized spacial score (nSPS) is 23.8. The van der Waals surface area contributed by atoms with Crippen LogP contribution in [0.3, 0.4) is 0 Å². The van der Waals surface area contributed by atoms with Crippen molar-refractivity contribution in [3.63, 3.8) is 0 Å². The van der Waals surface area contributed by atoms with Gasteiger partial charge in [-0.3, -0.25) is 0 Å². The fraction of sp³-hybridized carbons (Fsp3) is 0.250. The molecular formula is C16H17N. The average Bonchev–Trinajstić information content (AvgIpc) is 2.90. The summed E-state index contributed by atoms with van der Waals surface area (Å²) in [6, 6.07) is 22.1. The Bertz CT molecular complexity index is 418. The highest BCUT2D eigenvalue weighted by Crippen LogP contribution is 2.33. The van der Waals surface area contributed by atoms with Crippen molar-refractivity contribution in [2.75, 3.05) is 6.54 Å². The van der Waals surface area contributed by atoms with E-state index in [1.54, 1.807) is 0 Å². The molecule has 1 nitrogen and oxygen atoms in total. The zero-order chi connectivity index (χ0) is 11.5. The van der Waals surface area contributed by atoms with Gasteiger partial charge in [0.15, 0.2) is 0 Å². The Hall–Kier alpha value is -1.60. The highest BCUT2D eigenvalue weighted by atomic mass is 14.9. The maximum atomic E-state index is 3.62. The van der Waals surface area contributed by atoms with Crippen LogP contribution in [0.4, 0.5) is 0 Å². The van der Waals surface area contributed by atoms with Crippen molar-refractivity contribution in [3.8, 4) is 0 Å². The molecule has 86 valence electrons. The monoisotopic (exact) mass is 223 g/mol. The van der Waals surface area contributed by atoms with Gasteiger partial charge in [0.2, 0.25) is 0 Å². The maximum absolute atomic E-state index is 3.62. The zero-order valence-corrected chi connectivity index (χ0v) is 9.84. The standard InChI is InChI=1S/C16H17N/c1-3-7-13(8-4-1)15-11-16(17-12-15)14-9-5-2-6-10-14/h1-10,15-17H,11-12H2/t15-,16-/m1/s1. The summed E-state index contributed by atoms with van der Waals surface area (Å²) in [5.41, 5.74) is 2.87. The molecule has 1 heteroatoms. The second-order valence-electron chi connectivity index (χ2n) is 4.71. The lowest BCUT2D eigenvalue weighted by Crippen LogP contribution is -2.13. The minimum Gasteiger partial charge on any atom is -0.309 e. The van der Waals surface area contributed by atoms with Crippen LogP contribution in [0.5, 0.6) is 0 Å². The average molecular weight is 223 g/mol. The molecule has 0 amide bonds. The third-order valence-electron chi connectivity index (χ3n) is 3.60. The molecule has 0 spiro atoms. The van der Waals surface area contributed by atoms with Gasteiger partial charge in [0.25, 0.3) is 0 Å². The molecule has 2 aromatic carbocycles. The topological polar surface area (TPSA) is 12.0 Å². The van der Waals surface area contributed by atoms with E-state index in [0.29, 0.717) is 12.0 Å². The zero-order valence-electron chi connectivity index (χ0n) is 9.84. The van der Waals surface area contributed by atoms with Crippen molar-refractivity contribution in [3.05, 3.63) is 71.8 Å². The highest BCUT2D eigenvalue weighted by Gasteiger charge is 2.25. The number of hydrogen-bond acceptors (Lipinski definition) is 1. The molecule has 0 radical (unpaired) electrons. The molecule has 1 aliphatic rings. The van der Waals surface area contributed by atoms with Crippen LogP contribution in [0, 0.1) is 0 Å². The molecular weight excluding hydrogens is 206 g/mol. The van der Waals surface area contributed by atoms with Crippen LogP contribution in [0.2, 0.25) is 0 Å². The molecule has 1 N–H and O–H groups in total. The first-order chi connectivity index (χ1) is 8.43. The van der Waals surface area contributed by atoms with Gasteiger partial charge < -0.3 is 5.32 Å². The molecule has 1 aliphatic heterocycles. The van der Waals surface area contributed by atoms with E-state index in [-0.39, 0.29) is 0 Å². The van der Waals surface area contributed by atoms with Crippen LogP contribution < -0.4 is 5.32 Å². The lowest BCUT2D eigenvalue weighted by molar-refractivity contribution is 0.642. The van der Waals surface area contributed by atoms with Gasteiger partial charge in [-0.15, -0.1) is 0 Å². The van der Waals surface area contributed by atoms with Crippen molar-refractivity contribution >= 4 is 0 Å². The van der Waals surface area contributed by atoms with Gasteiger partial charge in [-0.25, -0.2) is 0 Å². The van der Waals surface area contributed by atoms with Gasteiger partial charge >= 0.3 is 0 Å². The smallest absolute Gasteiger partial charge is 0.0326 e. The first kappa shape index (κ1) is 10.5. The maximum Gasteiger partial charge on any atom is 0.0326 e. The van der Waals surface area contributed by atoms with Gasteiger partial charge in [-0.1, -0.05) is 60.7 Å². The quantitative estimate of drug-likeness (QED) is 0.821. The Balaban J connectivity index is 1.75. The van der Waals surface area contributed by atoms with Gasteiger partial charge in [0.05, 0.1) is 0 Å². The van der Waals surface area contributed by atoms with E-state index >= 15 is 0 Å². The van der Waals surface area contributed by atoms with Crippen LogP contribution in [0.1, 0.15) is 29.5 Å². The Morgan fingerprint density at radius 3 is 2.00 bits per heavy atom. The lowest BCUT2D eigenvalue weighted by atomic mass is 9.94. The van der Waals surface area contributed by atoms with Crippen LogP contribution in [-0.4, -0.2) is 6.54 Å². The van der Waals surface area contributed by atoms with Crippen molar-refractivity contribution < 1.29 is 0 Å². The molecule has 1 heterocycles. The molecule has 2 atom stereocenters. The Morgan fingerprint density at radius 2 is 1.35 bits per heavy atom. The molecule has 1 saturated heterocycles. The molecule has 17 heavy (non-hydrogen) atoms. The van der Waals surface area contributed by atoms with E-state index in [2.05, 4.69) is 66.0 Å². The van der Waals surface area contributed by atoms with Gasteiger partial charge in [-0.2, -0.15) is 0 Å². The molecule has 0 aliphatic carbocycles. The first-order valence-corrected chi connectivity index (χ1v) is 6.27. The Morgan fingerprint density at radius 1 is 0.765 bits per heavy atom. The summed E-state index contributed by atoms with van der Waals surface area (Å²) >= 11 is 0. The van der Waals surface area contributed by atoms with E-state index in [1.807, 2.05) is 0 Å². The van der Waals surface area contributed by atoms with Gasteiger partial charge in [0.1, 0.15) is 0 Å². The molecule has 0 bridgehead atoms. The van der Waals surface area contributed by atoms with Crippen molar-refractivity contribution in [1.82, 2.24) is 5.32 Å². The number of hydrogen-bond donors (Lipinski definition) is 1. The predicted octanol–water partition coefficient (Wildman–Crippen LogP) is 3.50. The van der Waals surface area contributed by atoms with Gasteiger partial charge in [0, 0.05) is 12.6 Å². The third-order valence-corrected chi connectivity index (χ3v) is 3.60. The number of benzene rings is 2. The van der Waals surface area contributed by atoms with E-state index in [0.717, 1.165) is 6.54 Å². The summed E-state index contributed by atoms with van der Waals surface area (Å²) in [6.07, 6.45) is 1.20. The van der Waals surface area contributed by atoms with E-state index in [4.69, 9.17) is 0 Å². The molecule has 3 rings (SSSR count). The van der Waals surface area contributed by atoms with Crippen molar-refractivity contribution in [2.45, 2.75) is 18.4 Å². The Kier molecular flexibility index (Phi) is 2.93. The Labute approximate surface area is 102 Å². The summed E-state index contributed by atoms with van der Waals surface area (Å²) in [6.45, 7) is 1.09. The second-order valence-corrected chi connectivity index (χ2v) is 4.71. The highest BCUT2D eigenvalue weighted by molar-refractivity contribution is 5.26.